The monoisotopic (exact) mass is 223 g/mol. The van der Waals surface area contributed by atoms with Crippen LogP contribution in [0.4, 0.5) is 10.1 Å². The van der Waals surface area contributed by atoms with Crippen LogP contribution in [0, 0.1) is 5.82 Å². The second kappa shape index (κ2) is 4.28. The van der Waals surface area contributed by atoms with Crippen molar-refractivity contribution in [1.29, 1.82) is 0 Å². The number of rotatable bonds is 3. The van der Waals surface area contributed by atoms with Gasteiger partial charge in [0.15, 0.2) is 5.82 Å². The molecule has 0 aliphatic heterocycles. The summed E-state index contributed by atoms with van der Waals surface area (Å²) in [4.78, 5) is 3.97. The van der Waals surface area contributed by atoms with Gasteiger partial charge in [0.05, 0.1) is 5.56 Å². The summed E-state index contributed by atoms with van der Waals surface area (Å²) in [5.41, 5.74) is 6.02. The van der Waals surface area contributed by atoms with Gasteiger partial charge in [0.1, 0.15) is 12.4 Å². The normalized spacial score (nSPS) is 10.6. The van der Waals surface area contributed by atoms with Crippen LogP contribution >= 0.6 is 0 Å². The minimum Gasteiger partial charge on any atom is -0.398 e. The number of hydrogen-bond acceptors (Lipinski definition) is 5. The Morgan fingerprint density at radius 1 is 1.50 bits per heavy atom. The van der Waals surface area contributed by atoms with Crippen molar-refractivity contribution in [1.82, 2.24) is 10.1 Å². The Morgan fingerprint density at radius 3 is 3.00 bits per heavy atom. The second-order valence-corrected chi connectivity index (χ2v) is 3.15. The third kappa shape index (κ3) is 1.87. The molecule has 0 atom stereocenters. The van der Waals surface area contributed by atoms with E-state index in [-0.39, 0.29) is 23.7 Å². The minimum absolute atomic E-state index is 0.0580. The first-order chi connectivity index (χ1) is 7.72. The fourth-order valence-electron chi connectivity index (χ4n) is 1.31. The molecule has 6 heteroatoms. The summed E-state index contributed by atoms with van der Waals surface area (Å²) in [5, 5.41) is 3.63. The highest BCUT2D eigenvalue weighted by molar-refractivity contribution is 5.70. The molecule has 0 aliphatic carbocycles. The molecule has 16 heavy (non-hydrogen) atoms. The molecule has 1 aromatic heterocycles. The maximum Gasteiger partial charge on any atom is 0.263 e. The van der Waals surface area contributed by atoms with Gasteiger partial charge < -0.3 is 15.0 Å². The largest absolute Gasteiger partial charge is 0.398 e. The fourth-order valence-corrected chi connectivity index (χ4v) is 1.31. The highest BCUT2D eigenvalue weighted by Crippen LogP contribution is 2.27. The summed E-state index contributed by atoms with van der Waals surface area (Å²) in [6.45, 7) is 0.206. The van der Waals surface area contributed by atoms with E-state index in [0.717, 1.165) is 0 Å². The highest BCUT2D eigenvalue weighted by atomic mass is 19.1. The molecule has 84 valence electrons. The molecule has 0 bridgehead atoms. The molecule has 0 saturated heterocycles. The van der Waals surface area contributed by atoms with E-state index >= 15 is 0 Å². The van der Waals surface area contributed by atoms with Crippen LogP contribution < -0.4 is 5.73 Å². The Bertz CT molecular complexity index is 478. The Labute approximate surface area is 91.0 Å². The molecule has 2 aromatic rings. The summed E-state index contributed by atoms with van der Waals surface area (Å²) in [5.74, 6) is -0.0876. The van der Waals surface area contributed by atoms with E-state index in [2.05, 4.69) is 10.1 Å². The van der Waals surface area contributed by atoms with Gasteiger partial charge in [0.25, 0.3) is 5.89 Å². The number of ether oxygens (including phenoxy) is 1. The van der Waals surface area contributed by atoms with Crippen LogP contribution in [-0.4, -0.2) is 17.3 Å². The van der Waals surface area contributed by atoms with Gasteiger partial charge in [0, 0.05) is 12.8 Å². The molecule has 0 amide bonds. The number of nitrogens with zero attached hydrogens (tertiary/aromatic N) is 2. The van der Waals surface area contributed by atoms with Crippen LogP contribution in [0.3, 0.4) is 0 Å². The summed E-state index contributed by atoms with van der Waals surface area (Å²) < 4.78 is 23.2. The average Bonchev–Trinajstić information content (AvgIpc) is 2.67. The molecule has 1 heterocycles. The summed E-state index contributed by atoms with van der Waals surface area (Å²) in [7, 11) is 1.51. The van der Waals surface area contributed by atoms with E-state index in [1.165, 1.54) is 19.2 Å². The van der Waals surface area contributed by atoms with Crippen molar-refractivity contribution in [3.05, 3.63) is 29.8 Å². The topological polar surface area (TPSA) is 74.2 Å². The number of benzene rings is 1. The van der Waals surface area contributed by atoms with Gasteiger partial charge in [-0.3, -0.25) is 0 Å². The summed E-state index contributed by atoms with van der Waals surface area (Å²) in [6.07, 6.45) is 0. The van der Waals surface area contributed by atoms with Crippen LogP contribution in [-0.2, 0) is 11.3 Å². The third-order valence-corrected chi connectivity index (χ3v) is 2.00. The van der Waals surface area contributed by atoms with Crippen molar-refractivity contribution in [3.8, 4) is 11.5 Å². The number of aromatic nitrogens is 2. The van der Waals surface area contributed by atoms with E-state index in [0.29, 0.717) is 5.82 Å². The zero-order valence-electron chi connectivity index (χ0n) is 8.61. The van der Waals surface area contributed by atoms with Gasteiger partial charge in [-0.2, -0.15) is 4.98 Å². The standard InChI is InChI=1S/C10H10FN3O2/c1-15-5-8-13-10(16-14-8)9-6(11)3-2-4-7(9)12/h2-4H,5,12H2,1H3. The molecule has 5 nitrogen and oxygen atoms in total. The first kappa shape index (κ1) is 10.6. The molecule has 2 rings (SSSR count). The SMILES string of the molecule is COCc1noc(-c2c(N)cccc2F)n1. The van der Waals surface area contributed by atoms with Crippen LogP contribution in [0.2, 0.25) is 0 Å². The summed E-state index contributed by atoms with van der Waals surface area (Å²) >= 11 is 0. The predicted octanol–water partition coefficient (Wildman–Crippen LogP) is 1.60. The van der Waals surface area contributed by atoms with Crippen LogP contribution in [0.1, 0.15) is 5.82 Å². The van der Waals surface area contributed by atoms with Gasteiger partial charge in [-0.05, 0) is 12.1 Å². The van der Waals surface area contributed by atoms with Gasteiger partial charge in [-0.1, -0.05) is 11.2 Å². The maximum atomic E-state index is 13.5. The third-order valence-electron chi connectivity index (χ3n) is 2.00. The van der Waals surface area contributed by atoms with E-state index in [1.807, 2.05) is 0 Å². The number of anilines is 1. The average molecular weight is 223 g/mol. The minimum atomic E-state index is -0.493. The van der Waals surface area contributed by atoms with Gasteiger partial charge >= 0.3 is 0 Å². The number of methoxy groups -OCH3 is 1. The smallest absolute Gasteiger partial charge is 0.263 e. The van der Waals surface area contributed by atoms with E-state index in [4.69, 9.17) is 15.0 Å². The molecule has 0 fully saturated rings. The second-order valence-electron chi connectivity index (χ2n) is 3.15. The van der Waals surface area contributed by atoms with Gasteiger partial charge in [-0.25, -0.2) is 4.39 Å². The van der Waals surface area contributed by atoms with Crippen LogP contribution in [0.25, 0.3) is 11.5 Å². The lowest BCUT2D eigenvalue weighted by atomic mass is 10.1. The lowest BCUT2D eigenvalue weighted by Crippen LogP contribution is -1.94. The first-order valence-corrected chi connectivity index (χ1v) is 4.58. The molecule has 1 aromatic carbocycles. The Kier molecular flexibility index (Phi) is 2.82. The fraction of sp³-hybridized carbons (Fsp3) is 0.200. The molecule has 0 unspecified atom stereocenters. The quantitative estimate of drug-likeness (QED) is 0.800. The van der Waals surface area contributed by atoms with E-state index in [9.17, 15) is 4.39 Å². The van der Waals surface area contributed by atoms with Crippen molar-refractivity contribution < 1.29 is 13.7 Å². The number of hydrogen-bond donors (Lipinski definition) is 1. The number of nitrogen functional groups attached to an aromatic ring is 1. The molecule has 0 radical (unpaired) electrons. The zero-order chi connectivity index (χ0) is 11.5. The molecule has 0 saturated carbocycles. The van der Waals surface area contributed by atoms with Crippen molar-refractivity contribution in [3.63, 3.8) is 0 Å². The van der Waals surface area contributed by atoms with Gasteiger partial charge in [-0.15, -0.1) is 0 Å². The Hall–Kier alpha value is -1.95. The highest BCUT2D eigenvalue weighted by Gasteiger charge is 2.15. The first-order valence-electron chi connectivity index (χ1n) is 4.58. The Balaban J connectivity index is 2.42. The summed E-state index contributed by atoms with van der Waals surface area (Å²) in [6, 6.07) is 4.37. The predicted molar refractivity (Wildman–Crippen MR) is 54.8 cm³/mol. The van der Waals surface area contributed by atoms with Crippen molar-refractivity contribution in [2.45, 2.75) is 6.61 Å². The van der Waals surface area contributed by atoms with Crippen LogP contribution in [0.5, 0.6) is 0 Å². The lowest BCUT2D eigenvalue weighted by molar-refractivity contribution is 0.174. The number of nitrogens with two attached hydrogens (primary N) is 1. The molecular formula is C10H10FN3O2. The van der Waals surface area contributed by atoms with Crippen LogP contribution in [0.15, 0.2) is 22.7 Å². The van der Waals surface area contributed by atoms with Gasteiger partial charge in [0.2, 0.25) is 0 Å². The lowest BCUT2D eigenvalue weighted by Gasteiger charge is -2.00. The van der Waals surface area contributed by atoms with Crippen molar-refractivity contribution in [2.24, 2.45) is 0 Å². The van der Waals surface area contributed by atoms with E-state index in [1.54, 1.807) is 6.07 Å². The van der Waals surface area contributed by atoms with E-state index < -0.39 is 5.82 Å². The number of halogens is 1. The molecule has 0 spiro atoms. The van der Waals surface area contributed by atoms with Crippen molar-refractivity contribution >= 4 is 5.69 Å². The Morgan fingerprint density at radius 2 is 2.31 bits per heavy atom. The zero-order valence-corrected chi connectivity index (χ0v) is 8.61. The maximum absolute atomic E-state index is 13.5. The molecule has 2 N–H and O–H groups in total. The molecule has 0 aliphatic rings. The van der Waals surface area contributed by atoms with Crippen molar-refractivity contribution in [2.75, 3.05) is 12.8 Å². The molecular weight excluding hydrogens is 213 g/mol.